The highest BCUT2D eigenvalue weighted by Gasteiger charge is 2.09. The fourth-order valence-corrected chi connectivity index (χ4v) is 3.68. The van der Waals surface area contributed by atoms with Gasteiger partial charge in [0, 0.05) is 18.1 Å². The predicted molar refractivity (Wildman–Crippen MR) is 130 cm³/mol. The van der Waals surface area contributed by atoms with E-state index < -0.39 is 0 Å². The zero-order chi connectivity index (χ0) is 22.2. The second-order valence-electron chi connectivity index (χ2n) is 7.67. The molecule has 0 saturated carbocycles. The van der Waals surface area contributed by atoms with Crippen molar-refractivity contribution in [2.24, 2.45) is 0 Å². The molecule has 0 heterocycles. The van der Waals surface area contributed by atoms with Crippen LogP contribution < -0.4 is 0 Å². The van der Waals surface area contributed by atoms with Gasteiger partial charge in [0.25, 0.3) is 0 Å². The van der Waals surface area contributed by atoms with Crippen molar-refractivity contribution in [2.45, 2.75) is 46.9 Å². The highest BCUT2D eigenvalue weighted by Crippen LogP contribution is 2.28. The molecular formula is C30H30. The van der Waals surface area contributed by atoms with Crippen LogP contribution in [-0.2, 0) is 0 Å². The molecule has 0 aromatic heterocycles. The van der Waals surface area contributed by atoms with Gasteiger partial charge in [-0.2, -0.15) is 0 Å². The lowest BCUT2D eigenvalue weighted by molar-refractivity contribution is 0.824. The molecule has 0 aliphatic carbocycles. The van der Waals surface area contributed by atoms with E-state index in [2.05, 4.69) is 63.5 Å². The van der Waals surface area contributed by atoms with Gasteiger partial charge in [0.05, 0.1) is 0 Å². The minimum Gasteiger partial charge on any atom is -0.116 e. The fourth-order valence-electron chi connectivity index (χ4n) is 3.68. The Morgan fingerprint density at radius 2 is 1.57 bits per heavy atom. The summed E-state index contributed by atoms with van der Waals surface area (Å²) in [5.41, 5.74) is 12.3. The first-order valence-corrected chi connectivity index (χ1v) is 10.6. The highest BCUT2D eigenvalue weighted by atomic mass is 14.1. The Balaban J connectivity index is 2.10. The van der Waals surface area contributed by atoms with Crippen LogP contribution in [-0.4, -0.2) is 0 Å². The summed E-state index contributed by atoms with van der Waals surface area (Å²) in [6.45, 7) is 8.52. The van der Waals surface area contributed by atoms with Crippen LogP contribution in [0.3, 0.4) is 0 Å². The number of aryl methyl sites for hydroxylation is 3. The lowest BCUT2D eigenvalue weighted by Crippen LogP contribution is -1.94. The van der Waals surface area contributed by atoms with Crippen molar-refractivity contribution in [3.05, 3.63) is 111 Å². The third kappa shape index (κ3) is 5.64. The van der Waals surface area contributed by atoms with Crippen molar-refractivity contribution in [3.63, 3.8) is 0 Å². The fraction of sp³-hybridized carbons (Fsp3) is 0.233. The first-order valence-electron chi connectivity index (χ1n) is 11.2. The Hall–Kier alpha value is -3.26. The second-order valence-corrected chi connectivity index (χ2v) is 7.67. The van der Waals surface area contributed by atoms with Crippen LogP contribution in [0.1, 0.15) is 66.5 Å². The minimum atomic E-state index is -0.302. The van der Waals surface area contributed by atoms with E-state index in [1.807, 2.05) is 54.6 Å². The Bertz CT molecular complexity index is 1140. The maximum Gasteiger partial charge on any atom is 0.0327 e. The SMILES string of the molecule is [2H]C(CCC)C(=C=Cc1ccccc1C#Cc1ccccc1)c1c(C)cc(C)cc1C. The smallest absolute Gasteiger partial charge is 0.0327 e. The lowest BCUT2D eigenvalue weighted by atomic mass is 9.91. The average molecular weight is 392 g/mol. The van der Waals surface area contributed by atoms with Gasteiger partial charge in [0.15, 0.2) is 0 Å². The number of rotatable bonds is 5. The molecule has 30 heavy (non-hydrogen) atoms. The van der Waals surface area contributed by atoms with Gasteiger partial charge in [-0.3, -0.25) is 0 Å². The van der Waals surface area contributed by atoms with E-state index in [0.717, 1.165) is 40.7 Å². The molecule has 0 radical (unpaired) electrons. The first kappa shape index (κ1) is 20.0. The Kier molecular flexibility index (Phi) is 7.01. The highest BCUT2D eigenvalue weighted by molar-refractivity contribution is 5.74. The summed E-state index contributed by atoms with van der Waals surface area (Å²) in [6.07, 6.45) is 3.49. The Labute approximate surface area is 183 Å². The molecule has 0 N–H and O–H groups in total. The van der Waals surface area contributed by atoms with Gasteiger partial charge in [-0.15, -0.1) is 5.73 Å². The standard InChI is InChI=1S/C30H30/c1-5-6-14-29(30-24(3)21-23(2)22-25(30)4)20-19-28-16-11-10-15-27(28)18-17-26-12-8-7-9-13-26/h7-13,15-16,19,21-22H,5-6,14H2,1-4H3/i14D. The molecule has 0 amide bonds. The largest absolute Gasteiger partial charge is 0.116 e. The van der Waals surface area contributed by atoms with Crippen molar-refractivity contribution >= 4 is 11.6 Å². The molecule has 0 aliphatic rings. The van der Waals surface area contributed by atoms with E-state index in [4.69, 9.17) is 1.37 Å². The van der Waals surface area contributed by atoms with Crippen LogP contribution in [0.2, 0.25) is 0 Å². The van der Waals surface area contributed by atoms with Gasteiger partial charge >= 0.3 is 0 Å². The zero-order valence-electron chi connectivity index (χ0n) is 19.4. The van der Waals surface area contributed by atoms with Crippen molar-refractivity contribution < 1.29 is 1.37 Å². The molecule has 1 unspecified atom stereocenters. The summed E-state index contributed by atoms with van der Waals surface area (Å²) in [5.74, 6) is 6.55. The average Bonchev–Trinajstić information content (AvgIpc) is 2.75. The lowest BCUT2D eigenvalue weighted by Gasteiger charge is -2.13. The van der Waals surface area contributed by atoms with Crippen LogP contribution in [0.15, 0.2) is 72.5 Å². The van der Waals surface area contributed by atoms with Crippen LogP contribution in [0.25, 0.3) is 11.6 Å². The maximum absolute atomic E-state index is 8.78. The summed E-state index contributed by atoms with van der Waals surface area (Å²) in [5, 5.41) is 0. The molecule has 3 aromatic rings. The minimum absolute atomic E-state index is 0.302. The van der Waals surface area contributed by atoms with E-state index in [-0.39, 0.29) is 6.40 Å². The van der Waals surface area contributed by atoms with Gasteiger partial charge in [0.1, 0.15) is 0 Å². The van der Waals surface area contributed by atoms with Crippen LogP contribution in [0.4, 0.5) is 0 Å². The predicted octanol–water partition coefficient (Wildman–Crippen LogP) is 7.90. The monoisotopic (exact) mass is 391 g/mol. The molecule has 0 spiro atoms. The van der Waals surface area contributed by atoms with Crippen molar-refractivity contribution in [1.29, 1.82) is 0 Å². The van der Waals surface area contributed by atoms with Gasteiger partial charge in [-0.1, -0.05) is 79.3 Å². The normalized spacial score (nSPS) is 11.5. The molecule has 150 valence electrons. The molecule has 0 fully saturated rings. The third-order valence-corrected chi connectivity index (χ3v) is 5.04. The van der Waals surface area contributed by atoms with Gasteiger partial charge in [0.2, 0.25) is 0 Å². The van der Waals surface area contributed by atoms with E-state index in [0.29, 0.717) is 0 Å². The van der Waals surface area contributed by atoms with Crippen LogP contribution in [0.5, 0.6) is 0 Å². The maximum atomic E-state index is 8.78. The summed E-state index contributed by atoms with van der Waals surface area (Å²) < 4.78 is 8.78. The number of allylic oxidation sites excluding steroid dienone is 1. The Morgan fingerprint density at radius 1 is 0.900 bits per heavy atom. The van der Waals surface area contributed by atoms with E-state index >= 15 is 0 Å². The summed E-state index contributed by atoms with van der Waals surface area (Å²) in [4.78, 5) is 0. The first-order chi connectivity index (χ1) is 15.0. The molecule has 3 aromatic carbocycles. The van der Waals surface area contributed by atoms with Crippen LogP contribution in [0, 0.1) is 32.6 Å². The zero-order valence-corrected chi connectivity index (χ0v) is 18.4. The molecule has 0 nitrogen and oxygen atoms in total. The number of hydrogen-bond acceptors (Lipinski definition) is 0. The molecule has 0 saturated heterocycles. The van der Waals surface area contributed by atoms with Crippen molar-refractivity contribution in [2.75, 3.05) is 0 Å². The quantitative estimate of drug-likeness (QED) is 0.306. The molecule has 3 rings (SSSR count). The summed E-state index contributed by atoms with van der Waals surface area (Å²) in [6, 6.07) is 22.6. The molecule has 1 atom stereocenters. The van der Waals surface area contributed by atoms with Crippen molar-refractivity contribution in [1.82, 2.24) is 0 Å². The van der Waals surface area contributed by atoms with Crippen LogP contribution >= 0.6 is 0 Å². The number of hydrogen-bond donors (Lipinski definition) is 0. The third-order valence-electron chi connectivity index (χ3n) is 5.04. The van der Waals surface area contributed by atoms with E-state index in [1.54, 1.807) is 0 Å². The topological polar surface area (TPSA) is 0 Å². The van der Waals surface area contributed by atoms with Gasteiger partial charge < -0.3 is 0 Å². The molecule has 0 heteroatoms. The summed E-state index contributed by atoms with van der Waals surface area (Å²) in [7, 11) is 0. The number of benzene rings is 3. The van der Waals surface area contributed by atoms with Crippen molar-refractivity contribution in [3.8, 4) is 11.8 Å². The Morgan fingerprint density at radius 3 is 2.27 bits per heavy atom. The molecular weight excluding hydrogens is 360 g/mol. The van der Waals surface area contributed by atoms with E-state index in [9.17, 15) is 0 Å². The molecule has 0 aliphatic heterocycles. The second kappa shape index (κ2) is 10.5. The van der Waals surface area contributed by atoms with Gasteiger partial charge in [-0.05, 0) is 80.1 Å². The van der Waals surface area contributed by atoms with E-state index in [1.165, 1.54) is 16.7 Å². The molecule has 0 bridgehead atoms. The van der Waals surface area contributed by atoms with Gasteiger partial charge in [-0.25, -0.2) is 0 Å². The summed E-state index contributed by atoms with van der Waals surface area (Å²) >= 11 is 0.